The molecule has 0 aromatic rings. The maximum atomic E-state index is 5.01. The lowest BCUT2D eigenvalue weighted by atomic mass is 10.1. The topological polar surface area (TPSA) is 43.0 Å². The van der Waals surface area contributed by atoms with Gasteiger partial charge in [-0.2, -0.15) is 0 Å². The molecule has 0 aliphatic carbocycles. The summed E-state index contributed by atoms with van der Waals surface area (Å²) in [6.45, 7) is 25.3. The zero-order chi connectivity index (χ0) is 21.9. The summed E-state index contributed by atoms with van der Waals surface area (Å²) in [5.41, 5.74) is 0. The van der Waals surface area contributed by atoms with Gasteiger partial charge < -0.3 is 20.3 Å². The molecule has 4 aliphatic rings. The fraction of sp³-hybridized carbons (Fsp3) is 1.00. The summed E-state index contributed by atoms with van der Waals surface area (Å²) in [5.74, 6) is 0. The number of morpholine rings is 1. The van der Waals surface area contributed by atoms with Gasteiger partial charge in [-0.25, -0.2) is 0 Å². The highest BCUT2D eigenvalue weighted by molar-refractivity contribution is 4.90. The highest BCUT2D eigenvalue weighted by Crippen LogP contribution is 2.20. The third-order valence-electron chi connectivity index (χ3n) is 6.74. The number of ether oxygens (including phenoxy) is 1. The van der Waals surface area contributed by atoms with Crippen LogP contribution < -0.4 is 10.6 Å². The molecule has 4 saturated heterocycles. The Morgan fingerprint density at radius 3 is 1.70 bits per heavy atom. The molecular formula is C24H51N5O. The van der Waals surface area contributed by atoms with Crippen LogP contribution in [0.4, 0.5) is 0 Å². The van der Waals surface area contributed by atoms with Crippen LogP contribution in [0.5, 0.6) is 0 Å². The first kappa shape index (κ1) is 26.0. The Balaban J connectivity index is 0.000000189. The Morgan fingerprint density at radius 2 is 1.33 bits per heavy atom. The summed E-state index contributed by atoms with van der Waals surface area (Å²) in [5, 5.41) is 6.77. The zero-order valence-corrected chi connectivity index (χ0v) is 20.8. The average molecular weight is 426 g/mol. The highest BCUT2D eigenvalue weighted by atomic mass is 16.5. The van der Waals surface area contributed by atoms with Crippen LogP contribution >= 0.6 is 0 Å². The van der Waals surface area contributed by atoms with E-state index in [1.807, 2.05) is 0 Å². The second-order valence-corrected chi connectivity index (χ2v) is 10.2. The van der Waals surface area contributed by atoms with Gasteiger partial charge >= 0.3 is 0 Å². The lowest BCUT2D eigenvalue weighted by molar-refractivity contribution is 0.109. The van der Waals surface area contributed by atoms with E-state index in [2.05, 4.69) is 66.9 Å². The molecule has 2 N–H and O–H groups in total. The Hall–Kier alpha value is -0.240. The van der Waals surface area contributed by atoms with Crippen molar-refractivity contribution in [2.75, 3.05) is 65.6 Å². The van der Waals surface area contributed by atoms with Crippen LogP contribution in [-0.2, 0) is 4.74 Å². The van der Waals surface area contributed by atoms with Crippen LogP contribution in [0.3, 0.4) is 0 Å². The first-order chi connectivity index (χ1) is 14.4. The monoisotopic (exact) mass is 425 g/mol. The molecule has 0 radical (unpaired) electrons. The number of hydrogen-bond acceptors (Lipinski definition) is 6. The molecule has 4 fully saturated rings. The second kappa shape index (κ2) is 14.0. The minimum Gasteiger partial charge on any atom is -0.379 e. The van der Waals surface area contributed by atoms with Crippen LogP contribution in [-0.4, -0.2) is 110 Å². The third kappa shape index (κ3) is 9.49. The molecule has 3 atom stereocenters. The van der Waals surface area contributed by atoms with Crippen LogP contribution in [0.2, 0.25) is 0 Å². The summed E-state index contributed by atoms with van der Waals surface area (Å²) < 4.78 is 5.01. The van der Waals surface area contributed by atoms with E-state index in [1.54, 1.807) is 0 Å². The Labute approximate surface area is 187 Å². The molecule has 4 rings (SSSR count). The molecule has 0 saturated carbocycles. The normalized spacial score (nSPS) is 31.4. The van der Waals surface area contributed by atoms with Crippen molar-refractivity contribution in [1.82, 2.24) is 25.3 Å². The van der Waals surface area contributed by atoms with Crippen LogP contribution in [0.25, 0.3) is 0 Å². The van der Waals surface area contributed by atoms with Gasteiger partial charge in [0.2, 0.25) is 0 Å². The number of piperazine rings is 1. The maximum Gasteiger partial charge on any atom is 0.0591 e. The molecule has 6 nitrogen and oxygen atoms in total. The standard InChI is InChI=1S/C13H27N3.C7H15N.C4H9NO/c1-10(2)15-6-5-13(9-15)16-7-11(3)14-12(4)8-16;1-7(2)8-5-3-4-6-8;1-3-6-4-2-5-1/h10-14H,5-9H2,1-4H3;7H,3-6H2,1-2H3;5H,1-4H2. The van der Waals surface area contributed by atoms with Crippen molar-refractivity contribution < 1.29 is 4.74 Å². The van der Waals surface area contributed by atoms with E-state index in [0.717, 1.165) is 38.4 Å². The molecule has 4 aliphatic heterocycles. The Kier molecular flexibility index (Phi) is 12.2. The van der Waals surface area contributed by atoms with E-state index in [-0.39, 0.29) is 0 Å². The highest BCUT2D eigenvalue weighted by Gasteiger charge is 2.32. The summed E-state index contributed by atoms with van der Waals surface area (Å²) in [6, 6.07) is 3.59. The number of hydrogen-bond donors (Lipinski definition) is 2. The minimum atomic E-state index is 0.650. The van der Waals surface area contributed by atoms with E-state index in [4.69, 9.17) is 4.74 Å². The first-order valence-corrected chi connectivity index (χ1v) is 12.6. The molecular weight excluding hydrogens is 374 g/mol. The van der Waals surface area contributed by atoms with Crippen molar-refractivity contribution in [3.8, 4) is 0 Å². The van der Waals surface area contributed by atoms with Crippen molar-refractivity contribution in [1.29, 1.82) is 0 Å². The molecule has 0 aromatic carbocycles. The van der Waals surface area contributed by atoms with Gasteiger partial charge in [-0.15, -0.1) is 0 Å². The van der Waals surface area contributed by atoms with E-state index in [0.29, 0.717) is 18.1 Å². The smallest absolute Gasteiger partial charge is 0.0591 e. The molecule has 3 unspecified atom stereocenters. The molecule has 0 aromatic heterocycles. The quantitative estimate of drug-likeness (QED) is 0.723. The SMILES string of the molecule is C1COCCN1.CC(C)N1CCCC1.CC1CN(C2CCN(C(C)C)C2)CC(C)N1. The van der Waals surface area contributed by atoms with Crippen LogP contribution in [0, 0.1) is 0 Å². The fourth-order valence-corrected chi connectivity index (χ4v) is 4.98. The van der Waals surface area contributed by atoms with Crippen molar-refractivity contribution in [3.63, 3.8) is 0 Å². The molecule has 0 spiro atoms. The van der Waals surface area contributed by atoms with E-state index < -0.39 is 0 Å². The van der Waals surface area contributed by atoms with Gasteiger partial charge in [0.05, 0.1) is 13.2 Å². The minimum absolute atomic E-state index is 0.650. The summed E-state index contributed by atoms with van der Waals surface area (Å²) >= 11 is 0. The maximum absolute atomic E-state index is 5.01. The molecule has 0 amide bonds. The van der Waals surface area contributed by atoms with Gasteiger partial charge in [-0.05, 0) is 73.9 Å². The van der Waals surface area contributed by atoms with E-state index in [9.17, 15) is 0 Å². The van der Waals surface area contributed by atoms with Gasteiger partial charge in [0.15, 0.2) is 0 Å². The summed E-state index contributed by atoms with van der Waals surface area (Å²) in [4.78, 5) is 7.84. The first-order valence-electron chi connectivity index (χ1n) is 12.6. The largest absolute Gasteiger partial charge is 0.379 e. The average Bonchev–Trinajstić information content (AvgIpc) is 3.42. The fourth-order valence-electron chi connectivity index (χ4n) is 4.98. The van der Waals surface area contributed by atoms with Crippen molar-refractivity contribution in [3.05, 3.63) is 0 Å². The summed E-state index contributed by atoms with van der Waals surface area (Å²) in [7, 11) is 0. The molecule has 6 heteroatoms. The van der Waals surface area contributed by atoms with Gasteiger partial charge in [-0.1, -0.05) is 0 Å². The Morgan fingerprint density at radius 1 is 0.767 bits per heavy atom. The summed E-state index contributed by atoms with van der Waals surface area (Å²) in [6.07, 6.45) is 4.19. The second-order valence-electron chi connectivity index (χ2n) is 10.2. The van der Waals surface area contributed by atoms with Gasteiger partial charge in [0.1, 0.15) is 0 Å². The number of rotatable bonds is 3. The van der Waals surface area contributed by atoms with Crippen molar-refractivity contribution in [2.24, 2.45) is 0 Å². The predicted molar refractivity (Wildman–Crippen MR) is 128 cm³/mol. The van der Waals surface area contributed by atoms with Crippen LogP contribution in [0.15, 0.2) is 0 Å². The third-order valence-corrected chi connectivity index (χ3v) is 6.74. The predicted octanol–water partition coefficient (Wildman–Crippen LogP) is 2.25. The van der Waals surface area contributed by atoms with Crippen molar-refractivity contribution >= 4 is 0 Å². The Bertz CT molecular complexity index is 416. The number of nitrogens with zero attached hydrogens (tertiary/aromatic N) is 3. The molecule has 4 heterocycles. The molecule has 0 bridgehead atoms. The van der Waals surface area contributed by atoms with Crippen LogP contribution in [0.1, 0.15) is 60.8 Å². The molecule has 30 heavy (non-hydrogen) atoms. The van der Waals surface area contributed by atoms with E-state index >= 15 is 0 Å². The van der Waals surface area contributed by atoms with Gasteiger partial charge in [-0.3, -0.25) is 9.80 Å². The van der Waals surface area contributed by atoms with E-state index in [1.165, 1.54) is 58.5 Å². The number of likely N-dealkylation sites (tertiary alicyclic amines) is 2. The lowest BCUT2D eigenvalue weighted by Gasteiger charge is -2.39. The van der Waals surface area contributed by atoms with Gasteiger partial charge in [0, 0.05) is 69.5 Å². The zero-order valence-electron chi connectivity index (χ0n) is 20.8. The van der Waals surface area contributed by atoms with Gasteiger partial charge in [0.25, 0.3) is 0 Å². The lowest BCUT2D eigenvalue weighted by Crippen LogP contribution is -2.57. The molecule has 178 valence electrons. The van der Waals surface area contributed by atoms with Crippen molar-refractivity contribution in [2.45, 2.75) is 91.0 Å². The number of nitrogens with one attached hydrogen (secondary N) is 2.